The fraction of sp³-hybridized carbons (Fsp3) is 0.500. The SMILES string of the molecule is O=C(CCN1C(=O)[C@H]2CCCC[C@@H]2C1=O)Nc1ccc(Cl)c(C(F)(F)F)c1. The van der Waals surface area contributed by atoms with Crippen LogP contribution < -0.4 is 5.32 Å². The van der Waals surface area contributed by atoms with Crippen LogP contribution in [-0.4, -0.2) is 29.2 Å². The Morgan fingerprint density at radius 2 is 1.74 bits per heavy atom. The molecule has 27 heavy (non-hydrogen) atoms. The second-order valence-corrected chi connectivity index (χ2v) is 7.22. The van der Waals surface area contributed by atoms with Crippen molar-refractivity contribution < 1.29 is 27.6 Å². The number of likely N-dealkylation sites (tertiary alicyclic amines) is 1. The predicted molar refractivity (Wildman–Crippen MR) is 91.9 cm³/mol. The second-order valence-electron chi connectivity index (χ2n) is 6.82. The van der Waals surface area contributed by atoms with Gasteiger partial charge in [-0.05, 0) is 31.0 Å². The van der Waals surface area contributed by atoms with E-state index in [1.165, 1.54) is 6.07 Å². The van der Waals surface area contributed by atoms with E-state index in [0.29, 0.717) is 12.8 Å². The lowest BCUT2D eigenvalue weighted by Gasteiger charge is -2.19. The molecule has 1 aromatic carbocycles. The number of halogens is 4. The highest BCUT2D eigenvalue weighted by atomic mass is 35.5. The molecule has 1 aliphatic carbocycles. The van der Waals surface area contributed by atoms with Gasteiger partial charge in [-0.15, -0.1) is 0 Å². The smallest absolute Gasteiger partial charge is 0.326 e. The number of hydrogen-bond acceptors (Lipinski definition) is 3. The first-order valence-corrected chi connectivity index (χ1v) is 9.08. The zero-order valence-corrected chi connectivity index (χ0v) is 15.1. The number of carbonyl (C=O) groups is 3. The lowest BCUT2D eigenvalue weighted by Crippen LogP contribution is -2.34. The molecule has 9 heteroatoms. The van der Waals surface area contributed by atoms with Gasteiger partial charge in [-0.3, -0.25) is 19.3 Å². The molecule has 0 radical (unpaired) electrons. The van der Waals surface area contributed by atoms with E-state index in [1.807, 2.05) is 0 Å². The van der Waals surface area contributed by atoms with Crippen LogP contribution in [0.4, 0.5) is 18.9 Å². The van der Waals surface area contributed by atoms with Gasteiger partial charge in [0.1, 0.15) is 0 Å². The summed E-state index contributed by atoms with van der Waals surface area (Å²) in [6.07, 6.45) is -1.63. The minimum atomic E-state index is -4.64. The van der Waals surface area contributed by atoms with E-state index in [2.05, 4.69) is 5.32 Å². The lowest BCUT2D eigenvalue weighted by molar-refractivity contribution is -0.140. The van der Waals surface area contributed by atoms with Crippen molar-refractivity contribution >= 4 is 35.0 Å². The van der Waals surface area contributed by atoms with Crippen LogP contribution >= 0.6 is 11.6 Å². The van der Waals surface area contributed by atoms with E-state index in [1.54, 1.807) is 0 Å². The fourth-order valence-electron chi connectivity index (χ4n) is 3.71. The van der Waals surface area contributed by atoms with Gasteiger partial charge in [0.05, 0.1) is 22.4 Å². The number of alkyl halides is 3. The third-order valence-electron chi connectivity index (χ3n) is 5.05. The Kier molecular flexibility index (Phi) is 5.46. The number of rotatable bonds is 4. The standard InChI is InChI=1S/C18H18ClF3N2O3/c19-14-6-5-10(9-13(14)18(20,21)22)23-15(25)7-8-24-16(26)11-3-1-2-4-12(11)17(24)27/h5-6,9,11-12H,1-4,7-8H2,(H,23,25)/t11-,12-/m0/s1. The molecule has 0 bridgehead atoms. The van der Waals surface area contributed by atoms with Gasteiger partial charge in [0, 0.05) is 18.7 Å². The molecule has 0 aromatic heterocycles. The van der Waals surface area contributed by atoms with Crippen LogP contribution in [0, 0.1) is 11.8 Å². The van der Waals surface area contributed by atoms with E-state index in [4.69, 9.17) is 11.6 Å². The summed E-state index contributed by atoms with van der Waals surface area (Å²) in [5, 5.41) is 1.89. The normalized spacial score (nSPS) is 22.7. The largest absolute Gasteiger partial charge is 0.417 e. The summed E-state index contributed by atoms with van der Waals surface area (Å²) in [5.41, 5.74) is -1.10. The molecule has 1 heterocycles. The van der Waals surface area contributed by atoms with Crippen molar-refractivity contribution in [2.45, 2.75) is 38.3 Å². The Labute approximate surface area is 158 Å². The van der Waals surface area contributed by atoms with Gasteiger partial charge in [0.2, 0.25) is 17.7 Å². The molecule has 1 aliphatic heterocycles. The van der Waals surface area contributed by atoms with Crippen LogP contribution in [0.2, 0.25) is 5.02 Å². The zero-order chi connectivity index (χ0) is 19.8. The summed E-state index contributed by atoms with van der Waals surface area (Å²) in [4.78, 5) is 37.9. The first-order valence-electron chi connectivity index (χ1n) is 8.70. The van der Waals surface area contributed by atoms with Crippen LogP contribution in [0.3, 0.4) is 0 Å². The fourth-order valence-corrected chi connectivity index (χ4v) is 3.93. The molecular weight excluding hydrogens is 385 g/mol. The molecule has 0 spiro atoms. The predicted octanol–water partition coefficient (Wildman–Crippen LogP) is 3.86. The monoisotopic (exact) mass is 402 g/mol. The van der Waals surface area contributed by atoms with Crippen molar-refractivity contribution in [2.24, 2.45) is 11.8 Å². The van der Waals surface area contributed by atoms with Crippen LogP contribution in [0.25, 0.3) is 0 Å². The van der Waals surface area contributed by atoms with Crippen molar-refractivity contribution in [1.29, 1.82) is 0 Å². The summed E-state index contributed by atoms with van der Waals surface area (Å²) in [5.74, 6) is -1.66. The molecule has 146 valence electrons. The molecular formula is C18H18ClF3N2O3. The van der Waals surface area contributed by atoms with Crippen LogP contribution in [0.1, 0.15) is 37.7 Å². The van der Waals surface area contributed by atoms with Crippen LogP contribution in [-0.2, 0) is 20.6 Å². The van der Waals surface area contributed by atoms with Crippen LogP contribution in [0.5, 0.6) is 0 Å². The van der Waals surface area contributed by atoms with Gasteiger partial charge in [-0.25, -0.2) is 0 Å². The number of nitrogens with one attached hydrogen (secondary N) is 1. The number of benzene rings is 1. The highest BCUT2D eigenvalue weighted by Gasteiger charge is 2.47. The average Bonchev–Trinajstić information content (AvgIpc) is 2.85. The van der Waals surface area contributed by atoms with E-state index < -0.39 is 22.7 Å². The second kappa shape index (κ2) is 7.50. The summed E-state index contributed by atoms with van der Waals surface area (Å²) in [6.45, 7) is -0.0732. The van der Waals surface area contributed by atoms with Gasteiger partial charge in [-0.2, -0.15) is 13.2 Å². The van der Waals surface area contributed by atoms with Crippen molar-refractivity contribution in [3.8, 4) is 0 Å². The minimum absolute atomic E-state index is 0.0514. The quantitative estimate of drug-likeness (QED) is 0.778. The molecule has 1 N–H and O–H groups in total. The maximum Gasteiger partial charge on any atom is 0.417 e. The van der Waals surface area contributed by atoms with E-state index in [0.717, 1.165) is 29.9 Å². The molecule has 3 rings (SSSR count). The van der Waals surface area contributed by atoms with Gasteiger partial charge in [0.15, 0.2) is 0 Å². The Bertz CT molecular complexity index is 758. The highest BCUT2D eigenvalue weighted by molar-refractivity contribution is 6.31. The van der Waals surface area contributed by atoms with E-state index >= 15 is 0 Å². The van der Waals surface area contributed by atoms with Gasteiger partial charge in [-0.1, -0.05) is 24.4 Å². The summed E-state index contributed by atoms with van der Waals surface area (Å²) < 4.78 is 38.6. The first-order chi connectivity index (χ1) is 12.7. The van der Waals surface area contributed by atoms with E-state index in [9.17, 15) is 27.6 Å². The number of hydrogen-bond donors (Lipinski definition) is 1. The third kappa shape index (κ3) is 4.10. The Hall–Kier alpha value is -2.09. The van der Waals surface area contributed by atoms with Crippen molar-refractivity contribution in [3.05, 3.63) is 28.8 Å². The third-order valence-corrected chi connectivity index (χ3v) is 5.38. The Morgan fingerprint density at radius 3 is 2.30 bits per heavy atom. The molecule has 5 nitrogen and oxygen atoms in total. The molecule has 3 amide bonds. The number of nitrogens with zero attached hydrogens (tertiary/aromatic N) is 1. The molecule has 1 saturated carbocycles. The Balaban J connectivity index is 1.60. The molecule has 2 fully saturated rings. The van der Waals surface area contributed by atoms with Gasteiger partial charge >= 0.3 is 6.18 Å². The topological polar surface area (TPSA) is 66.5 Å². The van der Waals surface area contributed by atoms with Gasteiger partial charge in [0.25, 0.3) is 0 Å². The van der Waals surface area contributed by atoms with Crippen molar-refractivity contribution in [3.63, 3.8) is 0 Å². The molecule has 2 aliphatic rings. The summed E-state index contributed by atoms with van der Waals surface area (Å²) >= 11 is 5.54. The van der Waals surface area contributed by atoms with Crippen LogP contribution in [0.15, 0.2) is 18.2 Å². The summed E-state index contributed by atoms with van der Waals surface area (Å²) in [7, 11) is 0. The number of fused-ring (bicyclic) bond motifs is 1. The number of carbonyl (C=O) groups excluding carboxylic acids is 3. The maximum atomic E-state index is 12.9. The van der Waals surface area contributed by atoms with Crippen molar-refractivity contribution in [1.82, 2.24) is 4.90 Å². The summed E-state index contributed by atoms with van der Waals surface area (Å²) in [6, 6.07) is 3.06. The number of imide groups is 1. The molecule has 1 saturated heterocycles. The molecule has 2 atom stereocenters. The van der Waals surface area contributed by atoms with E-state index in [-0.39, 0.29) is 42.3 Å². The molecule has 1 aromatic rings. The first kappa shape index (κ1) is 19.7. The number of anilines is 1. The molecule has 0 unspecified atom stereocenters. The highest BCUT2D eigenvalue weighted by Crippen LogP contribution is 2.38. The Morgan fingerprint density at radius 1 is 1.15 bits per heavy atom. The average molecular weight is 403 g/mol. The minimum Gasteiger partial charge on any atom is -0.326 e. The zero-order valence-electron chi connectivity index (χ0n) is 14.3. The maximum absolute atomic E-state index is 12.9. The van der Waals surface area contributed by atoms with Gasteiger partial charge < -0.3 is 5.32 Å². The van der Waals surface area contributed by atoms with Crippen molar-refractivity contribution in [2.75, 3.05) is 11.9 Å². The number of amides is 3. The lowest BCUT2D eigenvalue weighted by atomic mass is 9.81.